The standard InChI is InChI=1S/C12H8BrF2IN2/c13-7-4-12(10(17)5-8(7)15)18-11-2-1-6(14)3-9(11)16/h1-5,18H,17H2. The first-order valence-corrected chi connectivity index (χ1v) is 6.81. The Morgan fingerprint density at radius 3 is 2.50 bits per heavy atom. The predicted octanol–water partition coefficient (Wildman–Crippen LogP) is 4.66. The van der Waals surface area contributed by atoms with Gasteiger partial charge in [0.15, 0.2) is 0 Å². The zero-order chi connectivity index (χ0) is 13.3. The van der Waals surface area contributed by atoms with E-state index in [1.54, 1.807) is 12.1 Å². The first kappa shape index (κ1) is 13.5. The normalized spacial score (nSPS) is 10.4. The van der Waals surface area contributed by atoms with Gasteiger partial charge in [0.1, 0.15) is 11.6 Å². The summed E-state index contributed by atoms with van der Waals surface area (Å²) >= 11 is 5.10. The van der Waals surface area contributed by atoms with Crippen molar-refractivity contribution >= 4 is 55.6 Å². The minimum absolute atomic E-state index is 0.288. The Hall–Kier alpha value is -0.890. The van der Waals surface area contributed by atoms with Crippen LogP contribution in [-0.4, -0.2) is 0 Å². The smallest absolute Gasteiger partial charge is 0.139 e. The fourth-order valence-electron chi connectivity index (χ4n) is 1.41. The van der Waals surface area contributed by atoms with E-state index in [-0.39, 0.29) is 11.5 Å². The molecule has 2 nitrogen and oxygen atoms in total. The van der Waals surface area contributed by atoms with Crippen molar-refractivity contribution in [2.45, 2.75) is 0 Å². The summed E-state index contributed by atoms with van der Waals surface area (Å²) < 4.78 is 27.2. The molecule has 0 amide bonds. The van der Waals surface area contributed by atoms with Crippen molar-refractivity contribution in [3.8, 4) is 0 Å². The third-order valence-corrected chi connectivity index (χ3v) is 3.79. The minimum Gasteiger partial charge on any atom is -0.397 e. The number of halogens is 4. The van der Waals surface area contributed by atoms with E-state index in [0.717, 1.165) is 0 Å². The summed E-state index contributed by atoms with van der Waals surface area (Å²) in [6, 6.07) is 7.12. The zero-order valence-electron chi connectivity index (χ0n) is 8.98. The average molecular weight is 425 g/mol. The lowest BCUT2D eigenvalue weighted by Crippen LogP contribution is -1.99. The zero-order valence-corrected chi connectivity index (χ0v) is 12.7. The molecule has 0 aliphatic rings. The van der Waals surface area contributed by atoms with Crippen molar-refractivity contribution in [3.63, 3.8) is 0 Å². The number of nitrogens with two attached hydrogens (primary N) is 1. The molecular weight excluding hydrogens is 417 g/mol. The van der Waals surface area contributed by atoms with Crippen molar-refractivity contribution in [1.82, 2.24) is 0 Å². The molecular formula is C12H8BrF2IN2. The minimum atomic E-state index is -0.424. The first-order valence-electron chi connectivity index (χ1n) is 4.94. The summed E-state index contributed by atoms with van der Waals surface area (Å²) in [4.78, 5) is 0. The maximum atomic E-state index is 13.2. The molecule has 3 N–H and O–H groups in total. The Kier molecular flexibility index (Phi) is 4.06. The molecule has 0 atom stereocenters. The summed E-state index contributed by atoms with van der Waals surface area (Å²) in [6.07, 6.45) is 0. The molecule has 0 heterocycles. The first-order chi connectivity index (χ1) is 8.47. The molecule has 0 saturated carbocycles. The molecule has 18 heavy (non-hydrogen) atoms. The van der Waals surface area contributed by atoms with E-state index < -0.39 is 5.82 Å². The third kappa shape index (κ3) is 2.92. The second kappa shape index (κ2) is 5.40. The highest BCUT2D eigenvalue weighted by molar-refractivity contribution is 14.1. The van der Waals surface area contributed by atoms with Crippen molar-refractivity contribution in [2.24, 2.45) is 0 Å². The van der Waals surface area contributed by atoms with Crippen molar-refractivity contribution in [2.75, 3.05) is 11.1 Å². The van der Waals surface area contributed by atoms with Gasteiger partial charge in [-0.05, 0) is 62.8 Å². The van der Waals surface area contributed by atoms with Gasteiger partial charge in [-0.2, -0.15) is 0 Å². The molecule has 2 aromatic carbocycles. The van der Waals surface area contributed by atoms with E-state index in [1.807, 2.05) is 22.6 Å². The molecule has 0 aliphatic carbocycles. The highest BCUT2D eigenvalue weighted by atomic mass is 127. The van der Waals surface area contributed by atoms with Crippen LogP contribution in [0.4, 0.5) is 25.8 Å². The molecule has 6 heteroatoms. The van der Waals surface area contributed by atoms with Crippen LogP contribution in [0.3, 0.4) is 0 Å². The third-order valence-electron chi connectivity index (χ3n) is 2.29. The molecule has 0 saturated heterocycles. The molecule has 2 rings (SSSR count). The fourth-order valence-corrected chi connectivity index (χ4v) is 2.36. The molecule has 0 spiro atoms. The predicted molar refractivity (Wildman–Crippen MR) is 80.9 cm³/mol. The lowest BCUT2D eigenvalue weighted by molar-refractivity contribution is 0.622. The van der Waals surface area contributed by atoms with Crippen LogP contribution in [0, 0.1) is 15.2 Å². The van der Waals surface area contributed by atoms with Gasteiger partial charge in [-0.15, -0.1) is 0 Å². The van der Waals surface area contributed by atoms with Crippen LogP contribution in [0.2, 0.25) is 0 Å². The monoisotopic (exact) mass is 424 g/mol. The van der Waals surface area contributed by atoms with Crippen LogP contribution >= 0.6 is 38.5 Å². The molecule has 0 aromatic heterocycles. The van der Waals surface area contributed by atoms with E-state index in [0.29, 0.717) is 19.4 Å². The van der Waals surface area contributed by atoms with Crippen LogP contribution in [0.25, 0.3) is 0 Å². The molecule has 2 aromatic rings. The Morgan fingerprint density at radius 1 is 1.11 bits per heavy atom. The lowest BCUT2D eigenvalue weighted by atomic mass is 10.2. The van der Waals surface area contributed by atoms with Gasteiger partial charge < -0.3 is 11.1 Å². The van der Waals surface area contributed by atoms with E-state index in [9.17, 15) is 8.78 Å². The summed E-state index contributed by atoms with van der Waals surface area (Å²) in [5.74, 6) is -0.731. The van der Waals surface area contributed by atoms with Gasteiger partial charge in [0.25, 0.3) is 0 Å². The molecule has 0 unspecified atom stereocenters. The molecule has 94 valence electrons. The van der Waals surface area contributed by atoms with E-state index >= 15 is 0 Å². The number of hydrogen-bond acceptors (Lipinski definition) is 2. The van der Waals surface area contributed by atoms with Crippen LogP contribution in [-0.2, 0) is 0 Å². The van der Waals surface area contributed by atoms with E-state index in [1.165, 1.54) is 18.2 Å². The van der Waals surface area contributed by atoms with Crippen LogP contribution in [0.5, 0.6) is 0 Å². The second-order valence-electron chi connectivity index (χ2n) is 3.60. The SMILES string of the molecule is Nc1cc(F)c(Br)cc1Nc1ccc(F)cc1I. The van der Waals surface area contributed by atoms with E-state index in [2.05, 4.69) is 21.2 Å². The van der Waals surface area contributed by atoms with E-state index in [4.69, 9.17) is 5.73 Å². The summed E-state index contributed by atoms with van der Waals surface area (Å²) in [5.41, 5.74) is 7.28. The van der Waals surface area contributed by atoms with Gasteiger partial charge in [-0.3, -0.25) is 0 Å². The van der Waals surface area contributed by atoms with Crippen LogP contribution < -0.4 is 11.1 Å². The molecule has 0 bridgehead atoms. The maximum absolute atomic E-state index is 13.2. The van der Waals surface area contributed by atoms with Crippen LogP contribution in [0.1, 0.15) is 0 Å². The van der Waals surface area contributed by atoms with Gasteiger partial charge >= 0.3 is 0 Å². The molecule has 0 aliphatic heterocycles. The number of benzene rings is 2. The highest BCUT2D eigenvalue weighted by Crippen LogP contribution is 2.31. The second-order valence-corrected chi connectivity index (χ2v) is 5.62. The number of rotatable bonds is 2. The Balaban J connectivity index is 2.37. The van der Waals surface area contributed by atoms with Gasteiger partial charge in [-0.1, -0.05) is 0 Å². The maximum Gasteiger partial charge on any atom is 0.139 e. The number of nitrogen functional groups attached to an aromatic ring is 1. The summed E-state index contributed by atoms with van der Waals surface area (Å²) in [5, 5.41) is 3.04. The van der Waals surface area contributed by atoms with Crippen LogP contribution in [0.15, 0.2) is 34.8 Å². The lowest BCUT2D eigenvalue weighted by Gasteiger charge is -2.12. The average Bonchev–Trinajstić information content (AvgIpc) is 2.29. The van der Waals surface area contributed by atoms with Gasteiger partial charge in [0.05, 0.1) is 21.5 Å². The number of anilines is 3. The Labute approximate surface area is 125 Å². The Morgan fingerprint density at radius 2 is 1.83 bits per heavy atom. The van der Waals surface area contributed by atoms with Crippen molar-refractivity contribution < 1.29 is 8.78 Å². The fraction of sp³-hybridized carbons (Fsp3) is 0. The van der Waals surface area contributed by atoms with Gasteiger partial charge in [0, 0.05) is 9.64 Å². The summed E-state index contributed by atoms with van der Waals surface area (Å²) in [7, 11) is 0. The quantitative estimate of drug-likeness (QED) is 0.543. The Bertz CT molecular complexity index is 605. The largest absolute Gasteiger partial charge is 0.397 e. The topological polar surface area (TPSA) is 38.0 Å². The van der Waals surface area contributed by atoms with Crippen molar-refractivity contribution in [3.05, 3.63) is 50.0 Å². The number of nitrogens with one attached hydrogen (secondary N) is 1. The van der Waals surface area contributed by atoms with Gasteiger partial charge in [0.2, 0.25) is 0 Å². The molecule has 0 fully saturated rings. The highest BCUT2D eigenvalue weighted by Gasteiger charge is 2.08. The number of hydrogen-bond donors (Lipinski definition) is 2. The summed E-state index contributed by atoms with van der Waals surface area (Å²) in [6.45, 7) is 0. The molecule has 0 radical (unpaired) electrons. The van der Waals surface area contributed by atoms with Crippen molar-refractivity contribution in [1.29, 1.82) is 0 Å². The van der Waals surface area contributed by atoms with Gasteiger partial charge in [-0.25, -0.2) is 8.78 Å².